The lowest BCUT2D eigenvalue weighted by Gasteiger charge is -2.24. The number of nitrogens with zero attached hydrogens (tertiary/aromatic N) is 4. The van der Waals surface area contributed by atoms with Crippen molar-refractivity contribution in [2.75, 3.05) is 24.7 Å². The molecule has 1 aromatic rings. The number of anilines is 1. The number of nitriles is 1. The van der Waals surface area contributed by atoms with Gasteiger partial charge in [0.25, 0.3) is 0 Å². The molecule has 0 saturated carbocycles. The summed E-state index contributed by atoms with van der Waals surface area (Å²) in [4.78, 5) is 10.7. The largest absolute Gasteiger partial charge is 0.379 e. The molecule has 0 unspecified atom stereocenters. The van der Waals surface area contributed by atoms with Crippen LogP contribution < -0.4 is 4.90 Å². The molecular formula is C13H16N4O. The van der Waals surface area contributed by atoms with Gasteiger partial charge in [0, 0.05) is 12.5 Å². The number of hydrogen-bond donors (Lipinski definition) is 0. The van der Waals surface area contributed by atoms with E-state index in [1.165, 1.54) is 6.20 Å². The molecule has 0 amide bonds. The summed E-state index contributed by atoms with van der Waals surface area (Å²) in [6, 6.07) is 2.38. The molecule has 3 heterocycles. The summed E-state index contributed by atoms with van der Waals surface area (Å²) < 4.78 is 5.60. The van der Waals surface area contributed by atoms with E-state index in [4.69, 9.17) is 10.00 Å². The van der Waals surface area contributed by atoms with Crippen molar-refractivity contribution in [2.45, 2.75) is 19.9 Å². The minimum atomic E-state index is 0.233. The first-order valence-corrected chi connectivity index (χ1v) is 6.18. The van der Waals surface area contributed by atoms with E-state index < -0.39 is 0 Å². The van der Waals surface area contributed by atoms with Gasteiger partial charge in [-0.1, -0.05) is 13.8 Å². The third-order valence-corrected chi connectivity index (χ3v) is 4.08. The highest BCUT2D eigenvalue weighted by molar-refractivity contribution is 5.42. The molecule has 18 heavy (non-hydrogen) atoms. The Kier molecular flexibility index (Phi) is 2.49. The molecule has 5 nitrogen and oxygen atoms in total. The summed E-state index contributed by atoms with van der Waals surface area (Å²) in [5.41, 5.74) is 0.591. The van der Waals surface area contributed by atoms with Gasteiger partial charge in [0.15, 0.2) is 5.69 Å². The molecule has 0 spiro atoms. The minimum Gasteiger partial charge on any atom is -0.379 e. The van der Waals surface area contributed by atoms with Gasteiger partial charge < -0.3 is 9.64 Å². The first-order valence-electron chi connectivity index (χ1n) is 6.18. The van der Waals surface area contributed by atoms with Crippen molar-refractivity contribution < 1.29 is 4.74 Å². The van der Waals surface area contributed by atoms with E-state index in [9.17, 15) is 0 Å². The van der Waals surface area contributed by atoms with Crippen LogP contribution in [0.3, 0.4) is 0 Å². The van der Waals surface area contributed by atoms with E-state index in [1.807, 2.05) is 6.07 Å². The average molecular weight is 244 g/mol. The van der Waals surface area contributed by atoms with Crippen molar-refractivity contribution in [3.63, 3.8) is 0 Å². The van der Waals surface area contributed by atoms with Crippen LogP contribution in [0, 0.1) is 22.7 Å². The van der Waals surface area contributed by atoms with Gasteiger partial charge in [-0.05, 0) is 5.41 Å². The monoisotopic (exact) mass is 244 g/mol. The van der Waals surface area contributed by atoms with Crippen LogP contribution in [-0.2, 0) is 4.74 Å². The van der Waals surface area contributed by atoms with Gasteiger partial charge in [0.05, 0.1) is 31.6 Å². The lowest BCUT2D eigenvalue weighted by Crippen LogP contribution is -2.33. The highest BCUT2D eigenvalue weighted by Gasteiger charge is 2.50. The predicted molar refractivity (Wildman–Crippen MR) is 66.0 cm³/mol. The summed E-state index contributed by atoms with van der Waals surface area (Å²) in [5, 5.41) is 8.74. The quantitative estimate of drug-likeness (QED) is 0.743. The molecule has 2 aliphatic rings. The van der Waals surface area contributed by atoms with E-state index in [1.54, 1.807) is 6.20 Å². The van der Waals surface area contributed by atoms with E-state index in [0.29, 0.717) is 17.7 Å². The van der Waals surface area contributed by atoms with Gasteiger partial charge in [-0.15, -0.1) is 0 Å². The zero-order valence-corrected chi connectivity index (χ0v) is 10.6. The van der Waals surface area contributed by atoms with Crippen LogP contribution in [0.25, 0.3) is 0 Å². The molecule has 0 bridgehead atoms. The fraction of sp³-hybridized carbons (Fsp3) is 0.615. The SMILES string of the molecule is CC1(C)CN(c2cnc(C#N)cn2)[C@@H]2COC[C@@H]21. The van der Waals surface area contributed by atoms with Gasteiger partial charge in [0.2, 0.25) is 0 Å². The van der Waals surface area contributed by atoms with Crippen molar-refractivity contribution >= 4 is 5.82 Å². The van der Waals surface area contributed by atoms with E-state index in [2.05, 4.69) is 28.7 Å². The van der Waals surface area contributed by atoms with Crippen LogP contribution >= 0.6 is 0 Å². The predicted octanol–water partition coefficient (Wildman–Crippen LogP) is 1.21. The maximum absolute atomic E-state index is 8.74. The standard InChI is InChI=1S/C13H16N4O/c1-13(2)8-17(11-7-18-6-10(11)13)12-5-15-9(3-14)4-16-12/h4-5,10-11H,6-8H2,1-2H3/t10-,11+/m0/s1. The molecule has 2 saturated heterocycles. The summed E-state index contributed by atoms with van der Waals surface area (Å²) in [7, 11) is 0. The van der Waals surface area contributed by atoms with Gasteiger partial charge in [0.1, 0.15) is 11.9 Å². The summed E-state index contributed by atoms with van der Waals surface area (Å²) in [6.07, 6.45) is 3.22. The Hall–Kier alpha value is -1.67. The number of rotatable bonds is 1. The van der Waals surface area contributed by atoms with Crippen molar-refractivity contribution in [1.82, 2.24) is 9.97 Å². The Balaban J connectivity index is 1.90. The van der Waals surface area contributed by atoms with Crippen molar-refractivity contribution in [3.05, 3.63) is 18.1 Å². The van der Waals surface area contributed by atoms with Crippen LogP contribution in [0.1, 0.15) is 19.5 Å². The van der Waals surface area contributed by atoms with Gasteiger partial charge in [-0.25, -0.2) is 9.97 Å². The number of fused-ring (bicyclic) bond motifs is 1. The van der Waals surface area contributed by atoms with Crippen LogP contribution in [0.15, 0.2) is 12.4 Å². The second kappa shape index (κ2) is 3.92. The molecule has 5 heteroatoms. The Morgan fingerprint density at radius 2 is 2.22 bits per heavy atom. The third kappa shape index (κ3) is 1.65. The second-order valence-electron chi connectivity index (χ2n) is 5.70. The highest BCUT2D eigenvalue weighted by atomic mass is 16.5. The lowest BCUT2D eigenvalue weighted by molar-refractivity contribution is 0.149. The molecule has 0 N–H and O–H groups in total. The Morgan fingerprint density at radius 1 is 1.39 bits per heavy atom. The first-order chi connectivity index (χ1) is 8.62. The van der Waals surface area contributed by atoms with E-state index in [-0.39, 0.29) is 5.41 Å². The van der Waals surface area contributed by atoms with Crippen LogP contribution in [0.4, 0.5) is 5.82 Å². The fourth-order valence-electron chi connectivity index (χ4n) is 3.05. The zero-order chi connectivity index (χ0) is 12.8. The second-order valence-corrected chi connectivity index (χ2v) is 5.70. The lowest BCUT2D eigenvalue weighted by atomic mass is 9.80. The maximum atomic E-state index is 8.74. The van der Waals surface area contributed by atoms with Gasteiger partial charge >= 0.3 is 0 Å². The highest BCUT2D eigenvalue weighted by Crippen LogP contribution is 2.44. The fourth-order valence-corrected chi connectivity index (χ4v) is 3.05. The summed E-state index contributed by atoms with van der Waals surface area (Å²) in [6.45, 7) is 7.10. The number of aromatic nitrogens is 2. The van der Waals surface area contributed by atoms with Crippen LogP contribution in [0.2, 0.25) is 0 Å². The Bertz CT molecular complexity index is 491. The normalized spacial score (nSPS) is 29.1. The average Bonchev–Trinajstić information content (AvgIpc) is 2.93. The van der Waals surface area contributed by atoms with Crippen molar-refractivity contribution in [2.24, 2.45) is 11.3 Å². The molecule has 0 aromatic carbocycles. The van der Waals surface area contributed by atoms with E-state index >= 15 is 0 Å². The van der Waals surface area contributed by atoms with Crippen LogP contribution in [-0.4, -0.2) is 35.8 Å². The van der Waals surface area contributed by atoms with Crippen molar-refractivity contribution in [1.29, 1.82) is 5.26 Å². The molecule has 94 valence electrons. The molecule has 2 aliphatic heterocycles. The Morgan fingerprint density at radius 3 is 2.89 bits per heavy atom. The number of hydrogen-bond acceptors (Lipinski definition) is 5. The minimum absolute atomic E-state index is 0.233. The Labute approximate surface area is 106 Å². The zero-order valence-electron chi connectivity index (χ0n) is 10.6. The van der Waals surface area contributed by atoms with Crippen molar-refractivity contribution in [3.8, 4) is 6.07 Å². The molecule has 1 aromatic heterocycles. The third-order valence-electron chi connectivity index (χ3n) is 4.08. The van der Waals surface area contributed by atoms with Gasteiger partial charge in [-0.2, -0.15) is 5.26 Å². The topological polar surface area (TPSA) is 62.0 Å². The first kappa shape index (κ1) is 11.4. The summed E-state index contributed by atoms with van der Waals surface area (Å²) >= 11 is 0. The number of ether oxygens (including phenoxy) is 1. The molecule has 3 rings (SSSR count). The molecular weight excluding hydrogens is 228 g/mol. The van der Waals surface area contributed by atoms with Gasteiger partial charge in [-0.3, -0.25) is 0 Å². The molecule has 0 aliphatic carbocycles. The summed E-state index contributed by atoms with van der Waals surface area (Å²) in [5.74, 6) is 1.40. The molecule has 2 fully saturated rings. The smallest absolute Gasteiger partial charge is 0.158 e. The van der Waals surface area contributed by atoms with Crippen LogP contribution in [0.5, 0.6) is 0 Å². The maximum Gasteiger partial charge on any atom is 0.158 e. The van der Waals surface area contributed by atoms with E-state index in [0.717, 1.165) is 25.6 Å². The molecule has 2 atom stereocenters. The molecule has 0 radical (unpaired) electrons.